The van der Waals surface area contributed by atoms with Gasteiger partial charge >= 0.3 is 0 Å². The fraction of sp³-hybridized carbons (Fsp3) is 0.737. The average molecular weight is 1740 g/mol. The Kier molecular flexibility index (Phi) is 88.6. The molecule has 0 aromatic carbocycles. The number of rotatable bonds is 72. The van der Waals surface area contributed by atoms with Crippen molar-refractivity contribution in [2.24, 2.45) is 30.0 Å². The SMILES string of the molecule is CCCCCCCCN=c1ccn(CCCCC)cc1.CCCCCCCCN=c1ccn(CCCCC)cc1.CCCCCCCCN=c1ccn(CCCCC)cc1.CCCCCCCCN=c1ccn(CCCCCCC)cc1.CCCCCCCCN=c1ccn(CCCCCCC)cc1.CCCCCCCCN=c1ccn(CCCCCCC)cc1. The van der Waals surface area contributed by atoms with Crippen molar-refractivity contribution in [3.8, 4) is 0 Å². The van der Waals surface area contributed by atoms with Crippen LogP contribution < -0.4 is 32.1 Å². The first-order valence-corrected chi connectivity index (χ1v) is 54.2. The fourth-order valence-corrected chi connectivity index (χ4v) is 15.2. The van der Waals surface area contributed by atoms with Crippen LogP contribution in [0.25, 0.3) is 0 Å². The number of nitrogens with zero attached hydrogens (tertiary/aromatic N) is 12. The average Bonchev–Trinajstić information content (AvgIpc) is 0.948. The van der Waals surface area contributed by atoms with Gasteiger partial charge in [-0.25, -0.2) is 0 Å². The molecule has 0 aliphatic rings. The molecule has 0 saturated carbocycles. The molecule has 12 nitrogen and oxygen atoms in total. The van der Waals surface area contributed by atoms with E-state index in [9.17, 15) is 0 Å². The predicted octanol–water partition coefficient (Wildman–Crippen LogP) is 32.0. The van der Waals surface area contributed by atoms with Gasteiger partial charge in [0.1, 0.15) is 0 Å². The molecule has 126 heavy (non-hydrogen) atoms. The fourth-order valence-electron chi connectivity index (χ4n) is 15.2. The van der Waals surface area contributed by atoms with Crippen LogP contribution in [0, 0.1) is 0 Å². The Bertz CT molecular complexity index is 3170. The van der Waals surface area contributed by atoms with Crippen LogP contribution in [0.4, 0.5) is 0 Å². The molecule has 0 aliphatic heterocycles. The first-order chi connectivity index (χ1) is 62.2. The molecule has 6 heterocycles. The summed E-state index contributed by atoms with van der Waals surface area (Å²) in [5.41, 5.74) is 0. The molecule has 0 atom stereocenters. The number of aryl methyl sites for hydroxylation is 6. The molecule has 6 rings (SSSR count). The monoisotopic (exact) mass is 1740 g/mol. The molecule has 0 spiro atoms. The minimum Gasteiger partial charge on any atom is -0.354 e. The van der Waals surface area contributed by atoms with Gasteiger partial charge < -0.3 is 27.4 Å². The van der Waals surface area contributed by atoms with Crippen LogP contribution in [-0.2, 0) is 39.3 Å². The molecule has 720 valence electrons. The van der Waals surface area contributed by atoms with Crippen LogP contribution in [0.5, 0.6) is 0 Å². The molecule has 0 unspecified atom stereocenters. The van der Waals surface area contributed by atoms with Crippen LogP contribution >= 0.6 is 0 Å². The molecule has 6 aromatic rings. The maximum atomic E-state index is 4.67. The van der Waals surface area contributed by atoms with E-state index in [1.165, 1.54) is 385 Å². The van der Waals surface area contributed by atoms with E-state index in [0.29, 0.717) is 0 Å². The van der Waals surface area contributed by atoms with Crippen molar-refractivity contribution in [3.05, 3.63) is 179 Å². The molecule has 0 N–H and O–H groups in total. The van der Waals surface area contributed by atoms with Crippen LogP contribution in [0.1, 0.15) is 468 Å². The van der Waals surface area contributed by atoms with Crippen molar-refractivity contribution in [3.63, 3.8) is 0 Å². The van der Waals surface area contributed by atoms with Crippen molar-refractivity contribution in [1.82, 2.24) is 27.4 Å². The van der Waals surface area contributed by atoms with Crippen molar-refractivity contribution >= 4 is 0 Å². The van der Waals surface area contributed by atoms with Crippen LogP contribution in [0.15, 0.2) is 177 Å². The second-order valence-electron chi connectivity index (χ2n) is 36.0. The summed E-state index contributed by atoms with van der Waals surface area (Å²) in [5.74, 6) is 0. The lowest BCUT2D eigenvalue weighted by molar-refractivity contribution is 0.566. The van der Waals surface area contributed by atoms with Gasteiger partial charge in [0.05, 0.1) is 32.1 Å². The lowest BCUT2D eigenvalue weighted by Gasteiger charge is -2.05. The molecule has 0 aliphatic carbocycles. The third kappa shape index (κ3) is 77.6. The molecule has 0 fully saturated rings. The number of pyridine rings is 6. The van der Waals surface area contributed by atoms with E-state index in [0.717, 1.165) is 111 Å². The van der Waals surface area contributed by atoms with Crippen molar-refractivity contribution in [2.75, 3.05) is 39.3 Å². The smallest absolute Gasteiger partial charge is 0.0603 e. The Labute approximate surface area is 778 Å². The van der Waals surface area contributed by atoms with E-state index in [1.807, 2.05) is 0 Å². The first-order valence-electron chi connectivity index (χ1n) is 54.2. The Hall–Kier alpha value is -6.30. The summed E-state index contributed by atoms with van der Waals surface area (Å²) in [6, 6.07) is 25.8. The predicted molar refractivity (Wildman–Crippen MR) is 554 cm³/mol. The number of hydrogen-bond acceptors (Lipinski definition) is 6. The van der Waals surface area contributed by atoms with Crippen LogP contribution in [0.2, 0.25) is 0 Å². The van der Waals surface area contributed by atoms with Gasteiger partial charge in [-0.15, -0.1) is 0 Å². The quantitative estimate of drug-likeness (QED) is 0.0340. The molecule has 12 heteroatoms. The lowest BCUT2D eigenvalue weighted by Crippen LogP contribution is -2.06. The van der Waals surface area contributed by atoms with E-state index in [2.05, 4.69) is 288 Å². The van der Waals surface area contributed by atoms with E-state index < -0.39 is 0 Å². The summed E-state index contributed by atoms with van der Waals surface area (Å²) in [6.45, 7) is 39.8. The Morgan fingerprint density at radius 2 is 0.222 bits per heavy atom. The zero-order valence-electron chi connectivity index (χ0n) is 85.1. The molecular weight excluding hydrogens is 1540 g/mol. The number of unbranched alkanes of at least 4 members (excludes halogenated alkanes) is 48. The van der Waals surface area contributed by atoms with Gasteiger partial charge in [-0.05, 0) is 150 Å². The highest BCUT2D eigenvalue weighted by atomic mass is 15.0. The second kappa shape index (κ2) is 94.8. The summed E-state index contributed by atoms with van der Waals surface area (Å²) in [4.78, 5) is 28.0. The topological polar surface area (TPSA) is 104 Å². The van der Waals surface area contributed by atoms with Gasteiger partial charge in [0.2, 0.25) is 0 Å². The Balaban J connectivity index is 0.000000756. The molecule has 0 bridgehead atoms. The molecule has 6 aromatic heterocycles. The van der Waals surface area contributed by atoms with Crippen LogP contribution in [0.3, 0.4) is 0 Å². The maximum absolute atomic E-state index is 4.67. The van der Waals surface area contributed by atoms with Crippen molar-refractivity contribution < 1.29 is 0 Å². The first kappa shape index (κ1) is 118. The largest absolute Gasteiger partial charge is 0.354 e. The minimum absolute atomic E-state index is 0.978. The van der Waals surface area contributed by atoms with E-state index in [1.54, 1.807) is 0 Å². The maximum Gasteiger partial charge on any atom is 0.0603 e. The van der Waals surface area contributed by atoms with Crippen molar-refractivity contribution in [2.45, 2.75) is 508 Å². The third-order valence-electron chi connectivity index (χ3n) is 23.7. The number of aromatic nitrogens is 6. The van der Waals surface area contributed by atoms with Gasteiger partial charge in [0.15, 0.2) is 0 Å². The summed E-state index contributed by atoms with van der Waals surface area (Å²) in [7, 11) is 0. The Morgan fingerprint density at radius 3 is 0.349 bits per heavy atom. The number of hydrogen-bond donors (Lipinski definition) is 0. The van der Waals surface area contributed by atoms with Crippen LogP contribution in [-0.4, -0.2) is 66.7 Å². The summed E-state index contributed by atoms with van der Waals surface area (Å²) < 4.78 is 13.7. The standard InChI is InChI=1S/3C20H36N2.3C18H32N2/c3*1-3-5-7-9-10-12-16-21-20-14-18-22(19-15-20)17-13-11-8-6-4-2;3*1-3-5-7-8-9-10-14-19-18-12-16-20(17-13-18)15-11-6-4-2/h3*14-15,18-19H,3-13,16-17H2,1-2H3;3*12-13,16-17H,3-11,14-15H2,1-2H3. The van der Waals surface area contributed by atoms with Gasteiger partial charge in [-0.3, -0.25) is 30.0 Å². The van der Waals surface area contributed by atoms with E-state index in [-0.39, 0.29) is 0 Å². The highest BCUT2D eigenvalue weighted by Gasteiger charge is 2.01. The van der Waals surface area contributed by atoms with E-state index in [4.69, 9.17) is 0 Å². The minimum atomic E-state index is 0.978. The summed E-state index contributed by atoms with van der Waals surface area (Å²) in [6.07, 6.45) is 106. The van der Waals surface area contributed by atoms with Gasteiger partial charge in [-0.1, -0.05) is 391 Å². The third-order valence-corrected chi connectivity index (χ3v) is 23.7. The molecule has 0 amide bonds. The highest BCUT2D eigenvalue weighted by Crippen LogP contribution is 2.13. The summed E-state index contributed by atoms with van der Waals surface area (Å²) >= 11 is 0. The van der Waals surface area contributed by atoms with Gasteiger partial charge in [0, 0.05) is 153 Å². The van der Waals surface area contributed by atoms with E-state index >= 15 is 0 Å². The van der Waals surface area contributed by atoms with Crippen molar-refractivity contribution in [1.29, 1.82) is 0 Å². The molecular formula is C114H204N12. The lowest BCUT2D eigenvalue weighted by atomic mass is 10.1. The molecule has 0 radical (unpaired) electrons. The van der Waals surface area contributed by atoms with Gasteiger partial charge in [-0.2, -0.15) is 0 Å². The normalized spacial score (nSPS) is 10.8. The summed E-state index contributed by atoms with van der Waals surface area (Å²) in [5, 5.41) is 6.79. The Morgan fingerprint density at radius 1 is 0.127 bits per heavy atom. The second-order valence-corrected chi connectivity index (χ2v) is 36.0. The zero-order chi connectivity index (χ0) is 91.1. The molecule has 0 saturated heterocycles. The highest BCUT2D eigenvalue weighted by molar-refractivity contribution is 4.98. The zero-order valence-corrected chi connectivity index (χ0v) is 85.1. The van der Waals surface area contributed by atoms with Gasteiger partial charge in [0.25, 0.3) is 0 Å².